The van der Waals surface area contributed by atoms with Gasteiger partial charge in [0.25, 0.3) is 0 Å². The van der Waals surface area contributed by atoms with Crippen LogP contribution in [0.15, 0.2) is 24.5 Å². The third-order valence-corrected chi connectivity index (χ3v) is 3.23. The molecule has 19 heavy (non-hydrogen) atoms. The molecule has 6 heteroatoms. The van der Waals surface area contributed by atoms with Gasteiger partial charge in [-0.25, -0.2) is 14.1 Å². The molecule has 1 unspecified atom stereocenters. The summed E-state index contributed by atoms with van der Waals surface area (Å²) < 4.78 is 14.8. The van der Waals surface area contributed by atoms with E-state index in [1.807, 2.05) is 18.5 Å². The van der Waals surface area contributed by atoms with Crippen molar-refractivity contribution in [3.05, 3.63) is 46.8 Å². The summed E-state index contributed by atoms with van der Waals surface area (Å²) in [5.41, 5.74) is 6.83. The van der Waals surface area contributed by atoms with E-state index in [0.717, 1.165) is 5.82 Å². The predicted octanol–water partition coefficient (Wildman–Crippen LogP) is 2.89. The molecule has 0 bridgehead atoms. The molecule has 0 saturated heterocycles. The van der Waals surface area contributed by atoms with Crippen molar-refractivity contribution in [1.82, 2.24) is 14.8 Å². The van der Waals surface area contributed by atoms with Crippen LogP contribution in [0.4, 0.5) is 4.39 Å². The Hall–Kier alpha value is -1.46. The Morgan fingerprint density at radius 3 is 2.79 bits per heavy atom. The van der Waals surface area contributed by atoms with E-state index in [2.05, 4.69) is 10.1 Å². The summed E-state index contributed by atoms with van der Waals surface area (Å²) in [6.45, 7) is 4.04. The SMILES string of the molecule is CC(C)n1ncnc1CC(N)c1ccc(F)cc1Cl. The third kappa shape index (κ3) is 3.11. The van der Waals surface area contributed by atoms with Gasteiger partial charge in [-0.1, -0.05) is 17.7 Å². The van der Waals surface area contributed by atoms with Crippen molar-refractivity contribution in [2.24, 2.45) is 5.73 Å². The van der Waals surface area contributed by atoms with Gasteiger partial charge in [0.1, 0.15) is 18.0 Å². The first-order valence-corrected chi connectivity index (χ1v) is 6.45. The lowest BCUT2D eigenvalue weighted by molar-refractivity contribution is 0.493. The van der Waals surface area contributed by atoms with Crippen LogP contribution < -0.4 is 5.73 Å². The van der Waals surface area contributed by atoms with Gasteiger partial charge in [0.15, 0.2) is 0 Å². The molecule has 0 aliphatic carbocycles. The van der Waals surface area contributed by atoms with E-state index in [4.69, 9.17) is 17.3 Å². The fourth-order valence-corrected chi connectivity index (χ4v) is 2.27. The second-order valence-electron chi connectivity index (χ2n) is 4.69. The lowest BCUT2D eigenvalue weighted by Crippen LogP contribution is -2.18. The van der Waals surface area contributed by atoms with E-state index in [1.165, 1.54) is 18.5 Å². The van der Waals surface area contributed by atoms with Crippen LogP contribution in [0.1, 0.15) is 37.3 Å². The quantitative estimate of drug-likeness (QED) is 0.938. The normalized spacial score (nSPS) is 12.9. The van der Waals surface area contributed by atoms with Crippen LogP contribution in [0.2, 0.25) is 5.02 Å². The predicted molar refractivity (Wildman–Crippen MR) is 72.4 cm³/mol. The zero-order valence-corrected chi connectivity index (χ0v) is 11.6. The number of nitrogens with two attached hydrogens (primary N) is 1. The van der Waals surface area contributed by atoms with Crippen molar-refractivity contribution in [3.63, 3.8) is 0 Å². The number of hydrogen-bond acceptors (Lipinski definition) is 3. The summed E-state index contributed by atoms with van der Waals surface area (Å²) in [6, 6.07) is 4.11. The number of rotatable bonds is 4. The Kier molecular flexibility index (Phi) is 4.17. The van der Waals surface area contributed by atoms with Crippen LogP contribution in [0.3, 0.4) is 0 Å². The van der Waals surface area contributed by atoms with Crippen LogP contribution in [0.5, 0.6) is 0 Å². The maximum absolute atomic E-state index is 13.0. The molecule has 0 saturated carbocycles. The molecular formula is C13H16ClFN4. The van der Waals surface area contributed by atoms with Gasteiger partial charge in [0.2, 0.25) is 0 Å². The highest BCUT2D eigenvalue weighted by molar-refractivity contribution is 6.31. The second-order valence-corrected chi connectivity index (χ2v) is 5.10. The molecule has 1 atom stereocenters. The topological polar surface area (TPSA) is 56.7 Å². The molecule has 1 aromatic heterocycles. The number of benzene rings is 1. The van der Waals surface area contributed by atoms with Gasteiger partial charge >= 0.3 is 0 Å². The highest BCUT2D eigenvalue weighted by Crippen LogP contribution is 2.24. The summed E-state index contributed by atoms with van der Waals surface area (Å²) in [5.74, 6) is 0.425. The molecule has 1 heterocycles. The van der Waals surface area contributed by atoms with Crippen molar-refractivity contribution in [2.75, 3.05) is 0 Å². The lowest BCUT2D eigenvalue weighted by atomic mass is 10.0. The molecule has 0 aliphatic rings. The minimum absolute atomic E-state index is 0.216. The smallest absolute Gasteiger partial charge is 0.138 e. The van der Waals surface area contributed by atoms with Gasteiger partial charge in [0, 0.05) is 23.5 Å². The summed E-state index contributed by atoms with van der Waals surface area (Å²) in [7, 11) is 0. The van der Waals surface area contributed by atoms with Gasteiger partial charge in [-0.15, -0.1) is 0 Å². The maximum atomic E-state index is 13.0. The first-order valence-electron chi connectivity index (χ1n) is 6.08. The third-order valence-electron chi connectivity index (χ3n) is 2.90. The van der Waals surface area contributed by atoms with E-state index in [1.54, 1.807) is 6.07 Å². The highest BCUT2D eigenvalue weighted by Gasteiger charge is 2.16. The van der Waals surface area contributed by atoms with Gasteiger partial charge < -0.3 is 5.73 Å². The minimum atomic E-state index is -0.369. The van der Waals surface area contributed by atoms with Gasteiger partial charge in [-0.3, -0.25) is 0 Å². The van der Waals surface area contributed by atoms with E-state index >= 15 is 0 Å². The van der Waals surface area contributed by atoms with Crippen molar-refractivity contribution in [1.29, 1.82) is 0 Å². The fraction of sp³-hybridized carbons (Fsp3) is 0.385. The molecule has 0 fully saturated rings. The van der Waals surface area contributed by atoms with Crippen LogP contribution in [0.25, 0.3) is 0 Å². The number of halogens is 2. The molecule has 0 aliphatic heterocycles. The highest BCUT2D eigenvalue weighted by atomic mass is 35.5. The number of aromatic nitrogens is 3. The second kappa shape index (κ2) is 5.67. The fourth-order valence-electron chi connectivity index (χ4n) is 1.96. The summed E-state index contributed by atoms with van der Waals surface area (Å²) in [6.07, 6.45) is 2.01. The van der Waals surface area contributed by atoms with Crippen LogP contribution >= 0.6 is 11.6 Å². The first kappa shape index (κ1) is 14.0. The van der Waals surface area contributed by atoms with E-state index in [-0.39, 0.29) is 17.9 Å². The van der Waals surface area contributed by atoms with Crippen LogP contribution in [-0.4, -0.2) is 14.8 Å². The Morgan fingerprint density at radius 2 is 2.16 bits per heavy atom. The van der Waals surface area contributed by atoms with Crippen molar-refractivity contribution in [2.45, 2.75) is 32.4 Å². The van der Waals surface area contributed by atoms with Crippen LogP contribution in [0, 0.1) is 5.82 Å². The van der Waals surface area contributed by atoms with Gasteiger partial charge in [0.05, 0.1) is 0 Å². The van der Waals surface area contributed by atoms with Gasteiger partial charge in [-0.2, -0.15) is 5.10 Å². The van der Waals surface area contributed by atoms with Crippen molar-refractivity contribution < 1.29 is 4.39 Å². The molecule has 0 spiro atoms. The molecule has 0 radical (unpaired) electrons. The molecule has 0 amide bonds. The number of nitrogens with zero attached hydrogens (tertiary/aromatic N) is 3. The molecule has 2 N–H and O–H groups in total. The summed E-state index contributed by atoms with van der Waals surface area (Å²) in [4.78, 5) is 4.20. The lowest BCUT2D eigenvalue weighted by Gasteiger charge is -2.15. The Labute approximate surface area is 116 Å². The summed E-state index contributed by atoms with van der Waals surface area (Å²) >= 11 is 6.00. The minimum Gasteiger partial charge on any atom is -0.324 e. The van der Waals surface area contributed by atoms with Crippen molar-refractivity contribution in [3.8, 4) is 0 Å². The molecule has 1 aromatic carbocycles. The van der Waals surface area contributed by atoms with E-state index in [0.29, 0.717) is 17.0 Å². The zero-order chi connectivity index (χ0) is 14.0. The molecule has 2 rings (SSSR count). The maximum Gasteiger partial charge on any atom is 0.138 e. The van der Waals surface area contributed by atoms with Crippen LogP contribution in [-0.2, 0) is 6.42 Å². The monoisotopic (exact) mass is 282 g/mol. The van der Waals surface area contributed by atoms with Crippen molar-refractivity contribution >= 4 is 11.6 Å². The first-order chi connectivity index (χ1) is 8.99. The molecule has 2 aromatic rings. The largest absolute Gasteiger partial charge is 0.324 e. The standard InChI is InChI=1S/C13H16ClFN4/c1-8(2)19-13(17-7-18-19)6-12(16)10-4-3-9(15)5-11(10)14/h3-5,7-8,12H,6,16H2,1-2H3. The molecule has 4 nitrogen and oxygen atoms in total. The van der Waals surface area contributed by atoms with E-state index in [9.17, 15) is 4.39 Å². The van der Waals surface area contributed by atoms with Gasteiger partial charge in [-0.05, 0) is 31.5 Å². The van der Waals surface area contributed by atoms with E-state index < -0.39 is 0 Å². The Bertz CT molecular complexity index is 568. The average molecular weight is 283 g/mol. The molecule has 102 valence electrons. The Balaban J connectivity index is 2.21. The molecular weight excluding hydrogens is 267 g/mol. The Morgan fingerprint density at radius 1 is 1.42 bits per heavy atom. The summed E-state index contributed by atoms with van der Waals surface area (Å²) in [5, 5.41) is 4.49. The average Bonchev–Trinajstić information content (AvgIpc) is 2.76. The zero-order valence-electron chi connectivity index (χ0n) is 10.8. The number of hydrogen-bond donors (Lipinski definition) is 1.